The number of carbonyl (C=O) groups is 1. The highest BCUT2D eigenvalue weighted by molar-refractivity contribution is 5.83. The van der Waals surface area contributed by atoms with Crippen molar-refractivity contribution >= 4 is 17.1 Å². The SMILES string of the molecule is O=C1N=c2c(O)cc3nccnc3c2=N1. The van der Waals surface area contributed by atoms with Gasteiger partial charge in [0.2, 0.25) is 0 Å². The lowest BCUT2D eigenvalue weighted by molar-refractivity contribution is 0.256. The molecular weight excluding hydrogens is 196 g/mol. The zero-order valence-corrected chi connectivity index (χ0v) is 7.38. The molecule has 15 heavy (non-hydrogen) atoms. The fraction of sp³-hybridized carbons (Fsp3) is 0. The summed E-state index contributed by atoms with van der Waals surface area (Å²) in [4.78, 5) is 26.3. The normalized spacial score (nSPS) is 13.5. The van der Waals surface area contributed by atoms with Gasteiger partial charge in [0.05, 0.1) is 5.52 Å². The lowest BCUT2D eigenvalue weighted by Crippen LogP contribution is -2.23. The Hall–Kier alpha value is -2.37. The third-order valence-electron chi connectivity index (χ3n) is 2.11. The smallest absolute Gasteiger partial charge is 0.368 e. The molecule has 2 amide bonds. The molecule has 1 aliphatic heterocycles. The van der Waals surface area contributed by atoms with Crippen molar-refractivity contribution in [3.8, 4) is 5.75 Å². The molecule has 0 unspecified atom stereocenters. The van der Waals surface area contributed by atoms with Crippen LogP contribution in [0.1, 0.15) is 0 Å². The van der Waals surface area contributed by atoms with Gasteiger partial charge in [-0.2, -0.15) is 9.98 Å². The minimum absolute atomic E-state index is 0.104. The zero-order valence-electron chi connectivity index (χ0n) is 7.38. The van der Waals surface area contributed by atoms with Crippen molar-refractivity contribution in [2.45, 2.75) is 0 Å². The maximum atomic E-state index is 11.0. The fourth-order valence-corrected chi connectivity index (χ4v) is 1.50. The molecule has 0 spiro atoms. The summed E-state index contributed by atoms with van der Waals surface area (Å²) in [6.45, 7) is 0. The van der Waals surface area contributed by atoms with Crippen LogP contribution in [0.3, 0.4) is 0 Å². The van der Waals surface area contributed by atoms with E-state index in [0.717, 1.165) is 0 Å². The maximum absolute atomic E-state index is 11.0. The molecule has 0 aliphatic carbocycles. The number of rotatable bonds is 0. The molecule has 1 N–H and O–H groups in total. The minimum Gasteiger partial charge on any atom is -0.506 e. The van der Waals surface area contributed by atoms with Crippen molar-refractivity contribution in [2.75, 3.05) is 0 Å². The first-order chi connectivity index (χ1) is 7.25. The summed E-state index contributed by atoms with van der Waals surface area (Å²) in [6, 6.07) is 0.789. The van der Waals surface area contributed by atoms with Crippen LogP contribution in [0.2, 0.25) is 0 Å². The van der Waals surface area contributed by atoms with Gasteiger partial charge >= 0.3 is 6.03 Å². The lowest BCUT2D eigenvalue weighted by Gasteiger charge is -1.95. The zero-order chi connectivity index (χ0) is 10.4. The number of fused-ring (bicyclic) bond motifs is 3. The van der Waals surface area contributed by atoms with Crippen molar-refractivity contribution < 1.29 is 9.90 Å². The van der Waals surface area contributed by atoms with Crippen LogP contribution in [0, 0.1) is 0 Å². The molecule has 0 bridgehead atoms. The second-order valence-corrected chi connectivity index (χ2v) is 3.02. The Balaban J connectivity index is 2.67. The number of aromatic nitrogens is 2. The summed E-state index contributed by atoms with van der Waals surface area (Å²) >= 11 is 0. The van der Waals surface area contributed by atoms with Gasteiger partial charge in [0, 0.05) is 18.5 Å². The van der Waals surface area contributed by atoms with E-state index in [1.54, 1.807) is 0 Å². The van der Waals surface area contributed by atoms with E-state index in [1.807, 2.05) is 0 Å². The topological polar surface area (TPSA) is 87.8 Å². The third-order valence-corrected chi connectivity index (χ3v) is 2.11. The number of aromatic hydroxyl groups is 1. The number of hydrogen-bond donors (Lipinski definition) is 1. The largest absolute Gasteiger partial charge is 0.506 e. The number of nitrogens with zero attached hydrogens (tertiary/aromatic N) is 4. The third kappa shape index (κ3) is 1.01. The van der Waals surface area contributed by atoms with Gasteiger partial charge < -0.3 is 5.11 Å². The van der Waals surface area contributed by atoms with Crippen molar-refractivity contribution in [1.82, 2.24) is 9.97 Å². The molecule has 0 atom stereocenters. The summed E-state index contributed by atoms with van der Waals surface area (Å²) < 4.78 is 0. The molecule has 1 aromatic carbocycles. The number of benzene rings is 1. The summed E-state index contributed by atoms with van der Waals surface area (Å²) in [5.41, 5.74) is 0.960. The van der Waals surface area contributed by atoms with E-state index in [-0.39, 0.29) is 11.1 Å². The summed E-state index contributed by atoms with van der Waals surface area (Å²) in [5, 5.41) is 10.0. The standard InChI is InChI=1S/C9H4N4O2/c14-5-3-4-6(11-2-1-10-4)8-7(5)12-9(15)13-8/h1-3,14H. The maximum Gasteiger partial charge on any atom is 0.368 e. The predicted octanol–water partition coefficient (Wildman–Crippen LogP) is -0.292. The molecule has 2 aromatic rings. The molecular formula is C9H4N4O2. The number of phenolic OH excluding ortho intramolecular Hbond substituents is 1. The molecule has 6 heteroatoms. The summed E-state index contributed by atoms with van der Waals surface area (Å²) in [5.74, 6) is -0.104. The lowest BCUT2D eigenvalue weighted by atomic mass is 10.2. The first-order valence-corrected chi connectivity index (χ1v) is 4.20. The Labute approximate surface area is 82.7 Å². The molecule has 1 aliphatic rings. The first kappa shape index (κ1) is 7.98. The van der Waals surface area contributed by atoms with Crippen molar-refractivity contribution in [3.05, 3.63) is 29.2 Å². The van der Waals surface area contributed by atoms with E-state index in [4.69, 9.17) is 0 Å². The first-order valence-electron chi connectivity index (χ1n) is 4.20. The minimum atomic E-state index is -0.626. The van der Waals surface area contributed by atoms with E-state index in [9.17, 15) is 9.90 Å². The molecule has 0 saturated heterocycles. The number of carbonyl (C=O) groups excluding carboxylic acids is 1. The van der Waals surface area contributed by atoms with E-state index < -0.39 is 6.03 Å². The van der Waals surface area contributed by atoms with Gasteiger partial charge in [0.1, 0.15) is 22.0 Å². The highest BCUT2D eigenvalue weighted by Crippen LogP contribution is 2.08. The Kier molecular flexibility index (Phi) is 1.37. The highest BCUT2D eigenvalue weighted by Gasteiger charge is 2.13. The van der Waals surface area contributed by atoms with Gasteiger partial charge in [-0.25, -0.2) is 4.79 Å². The Morgan fingerprint density at radius 2 is 1.80 bits per heavy atom. The number of phenols is 1. The van der Waals surface area contributed by atoms with Gasteiger partial charge in [0.25, 0.3) is 0 Å². The van der Waals surface area contributed by atoms with Crippen LogP contribution < -0.4 is 10.7 Å². The van der Waals surface area contributed by atoms with E-state index >= 15 is 0 Å². The van der Waals surface area contributed by atoms with Crippen molar-refractivity contribution in [3.63, 3.8) is 0 Å². The summed E-state index contributed by atoms with van der Waals surface area (Å²) in [6.07, 6.45) is 3.00. The number of amides is 2. The molecule has 0 fully saturated rings. The van der Waals surface area contributed by atoms with Crippen LogP contribution in [0.15, 0.2) is 28.4 Å². The second-order valence-electron chi connectivity index (χ2n) is 3.02. The van der Waals surface area contributed by atoms with Crippen molar-refractivity contribution in [1.29, 1.82) is 0 Å². The number of urea groups is 1. The van der Waals surface area contributed by atoms with Crippen LogP contribution in [0.25, 0.3) is 11.0 Å². The van der Waals surface area contributed by atoms with Crippen LogP contribution >= 0.6 is 0 Å². The monoisotopic (exact) mass is 200 g/mol. The molecule has 0 radical (unpaired) electrons. The van der Waals surface area contributed by atoms with Gasteiger partial charge in [-0.15, -0.1) is 0 Å². The van der Waals surface area contributed by atoms with Crippen LogP contribution in [0.4, 0.5) is 4.79 Å². The van der Waals surface area contributed by atoms with Crippen LogP contribution in [-0.2, 0) is 0 Å². The van der Waals surface area contributed by atoms with E-state index in [2.05, 4.69) is 20.0 Å². The molecule has 3 rings (SSSR count). The Morgan fingerprint density at radius 3 is 2.67 bits per heavy atom. The highest BCUT2D eigenvalue weighted by atomic mass is 16.3. The molecule has 72 valence electrons. The van der Waals surface area contributed by atoms with Gasteiger partial charge in [-0.1, -0.05) is 0 Å². The van der Waals surface area contributed by atoms with Gasteiger partial charge in [-0.3, -0.25) is 9.97 Å². The molecule has 2 heterocycles. The Bertz CT molecular complexity index is 708. The summed E-state index contributed by atoms with van der Waals surface area (Å²) in [7, 11) is 0. The molecule has 0 saturated carbocycles. The van der Waals surface area contributed by atoms with E-state index in [1.165, 1.54) is 18.5 Å². The number of hydrogen-bond acceptors (Lipinski definition) is 4. The fourth-order valence-electron chi connectivity index (χ4n) is 1.50. The Morgan fingerprint density at radius 1 is 1.07 bits per heavy atom. The predicted molar refractivity (Wildman–Crippen MR) is 48.9 cm³/mol. The van der Waals surface area contributed by atoms with Crippen LogP contribution in [0.5, 0.6) is 5.75 Å². The van der Waals surface area contributed by atoms with Crippen molar-refractivity contribution in [2.24, 2.45) is 9.98 Å². The molecule has 6 nitrogen and oxygen atoms in total. The average Bonchev–Trinajstić information content (AvgIpc) is 2.61. The second kappa shape index (κ2) is 2.57. The average molecular weight is 200 g/mol. The van der Waals surface area contributed by atoms with Gasteiger partial charge in [-0.05, 0) is 0 Å². The van der Waals surface area contributed by atoms with Crippen LogP contribution in [-0.4, -0.2) is 21.1 Å². The van der Waals surface area contributed by atoms with Gasteiger partial charge in [0.15, 0.2) is 0 Å². The van der Waals surface area contributed by atoms with E-state index in [0.29, 0.717) is 16.4 Å². The molecule has 1 aromatic heterocycles. The quantitative estimate of drug-likeness (QED) is 0.632.